The van der Waals surface area contributed by atoms with E-state index in [2.05, 4.69) is 118 Å². The van der Waals surface area contributed by atoms with Gasteiger partial charge in [0, 0.05) is 48.8 Å². The van der Waals surface area contributed by atoms with Crippen molar-refractivity contribution in [1.29, 1.82) is 5.26 Å². The number of nitriles is 1. The predicted octanol–water partition coefficient (Wildman–Crippen LogP) is 13.5. The van der Waals surface area contributed by atoms with Gasteiger partial charge in [-0.05, 0) is 42.5 Å². The molecule has 13 aromatic rings. The van der Waals surface area contributed by atoms with E-state index in [0.29, 0.717) is 28.4 Å². The molecule has 0 spiro atoms. The normalized spacial score (nSPS) is 12.1. The Kier molecular flexibility index (Phi) is 6.42. The summed E-state index contributed by atoms with van der Waals surface area (Å²) in [6.45, 7) is 0. The molecule has 6 heteroatoms. The van der Waals surface area contributed by atoms with Crippen LogP contribution in [-0.2, 0) is 0 Å². The summed E-state index contributed by atoms with van der Waals surface area (Å²) in [7, 11) is 0. The molecule has 0 aliphatic heterocycles. The van der Waals surface area contributed by atoms with E-state index in [9.17, 15) is 5.26 Å². The Morgan fingerprint density at radius 3 is 1.76 bits per heavy atom. The zero-order valence-electron chi connectivity index (χ0n) is 31.4. The van der Waals surface area contributed by atoms with Crippen molar-refractivity contribution in [2.45, 2.75) is 0 Å². The Labute approximate surface area is 336 Å². The largest absolute Gasteiger partial charge is 0.455 e. The molecule has 0 aliphatic rings. The number of benzene rings is 8. The number of nitrogens with zero attached hydrogens (tertiary/aromatic N) is 5. The molecule has 272 valence electrons. The standard InChI is InChI=1S/C53H29N5O/c54-30-41-49(31-14-3-1-4-15-31)55-53(56-50(41)32-16-5-2-6-17-32)38-26-27-44(48-37-20-9-12-25-47(37)59-52(38)48)57-42-23-10-8-19-34(42)39-28-40-36-22-13-21-35-33-18-7-11-24-43(33)58(51(35)36)46(40)29-45(39)57/h1-29H. The minimum Gasteiger partial charge on any atom is -0.455 e. The number of rotatable bonds is 4. The van der Waals surface area contributed by atoms with Gasteiger partial charge in [-0.3, -0.25) is 0 Å². The van der Waals surface area contributed by atoms with Crippen LogP contribution >= 0.6 is 0 Å². The number of aromatic nitrogens is 4. The van der Waals surface area contributed by atoms with E-state index in [1.165, 1.54) is 48.9 Å². The SMILES string of the molecule is N#Cc1c(-c2ccccc2)nc(-c2ccc(-n3c4ccccc4c4cc5c6cccc7c8ccccc8n(c5cc43)c76)c3c2oc2ccccc23)nc1-c1ccccc1. The summed E-state index contributed by atoms with van der Waals surface area (Å²) in [5.74, 6) is 0.485. The lowest BCUT2D eigenvalue weighted by Gasteiger charge is -2.14. The summed E-state index contributed by atoms with van der Waals surface area (Å²) in [4.78, 5) is 10.4. The second-order valence-corrected chi connectivity index (χ2v) is 15.2. The van der Waals surface area contributed by atoms with Gasteiger partial charge in [0.1, 0.15) is 22.8 Å². The minimum absolute atomic E-state index is 0.427. The number of hydrogen-bond donors (Lipinski definition) is 0. The summed E-state index contributed by atoms with van der Waals surface area (Å²) in [5.41, 5.74) is 12.3. The summed E-state index contributed by atoms with van der Waals surface area (Å²) < 4.78 is 11.7. The Bertz CT molecular complexity index is 3840. The lowest BCUT2D eigenvalue weighted by atomic mass is 9.99. The molecule has 0 amide bonds. The molecule has 0 fully saturated rings. The van der Waals surface area contributed by atoms with Crippen molar-refractivity contribution in [3.05, 3.63) is 181 Å². The van der Waals surface area contributed by atoms with Crippen LogP contribution in [0.1, 0.15) is 5.56 Å². The highest BCUT2D eigenvalue weighted by atomic mass is 16.3. The first kappa shape index (κ1) is 31.9. The van der Waals surface area contributed by atoms with E-state index >= 15 is 0 Å². The molecule has 8 aromatic carbocycles. The van der Waals surface area contributed by atoms with E-state index in [4.69, 9.17) is 14.4 Å². The van der Waals surface area contributed by atoms with Crippen LogP contribution in [0.5, 0.6) is 0 Å². The zero-order valence-corrected chi connectivity index (χ0v) is 31.4. The van der Waals surface area contributed by atoms with Gasteiger partial charge in [0.2, 0.25) is 0 Å². The van der Waals surface area contributed by atoms with Crippen LogP contribution in [-0.4, -0.2) is 18.9 Å². The van der Waals surface area contributed by atoms with Crippen molar-refractivity contribution < 1.29 is 4.42 Å². The molecular formula is C53H29N5O. The first-order valence-corrected chi connectivity index (χ1v) is 19.7. The van der Waals surface area contributed by atoms with Crippen LogP contribution in [0.2, 0.25) is 0 Å². The summed E-state index contributed by atoms with van der Waals surface area (Å²) in [6, 6.07) is 63.5. The second kappa shape index (κ2) is 11.9. The molecule has 13 rings (SSSR count). The summed E-state index contributed by atoms with van der Waals surface area (Å²) in [5, 5.41) is 20.0. The number of furan rings is 1. The van der Waals surface area contributed by atoms with Crippen molar-refractivity contribution in [2.75, 3.05) is 0 Å². The molecular weight excluding hydrogens is 723 g/mol. The second-order valence-electron chi connectivity index (χ2n) is 15.2. The Morgan fingerprint density at radius 2 is 1.05 bits per heavy atom. The molecule has 6 nitrogen and oxygen atoms in total. The summed E-state index contributed by atoms with van der Waals surface area (Å²) >= 11 is 0. The van der Waals surface area contributed by atoms with Gasteiger partial charge < -0.3 is 13.4 Å². The molecule has 5 heterocycles. The average molecular weight is 752 g/mol. The molecule has 0 radical (unpaired) electrons. The lowest BCUT2D eigenvalue weighted by molar-refractivity contribution is 0.669. The van der Waals surface area contributed by atoms with E-state index in [-0.39, 0.29) is 0 Å². The van der Waals surface area contributed by atoms with Gasteiger partial charge >= 0.3 is 0 Å². The van der Waals surface area contributed by atoms with Crippen molar-refractivity contribution >= 4 is 81.8 Å². The van der Waals surface area contributed by atoms with E-state index in [0.717, 1.165) is 49.8 Å². The molecule has 0 atom stereocenters. The first-order chi connectivity index (χ1) is 29.2. The fourth-order valence-corrected chi connectivity index (χ4v) is 9.62. The smallest absolute Gasteiger partial charge is 0.164 e. The molecule has 0 unspecified atom stereocenters. The van der Waals surface area contributed by atoms with E-state index in [1.54, 1.807) is 0 Å². The maximum absolute atomic E-state index is 10.6. The lowest BCUT2D eigenvalue weighted by Crippen LogP contribution is -2.02. The number of hydrogen-bond acceptors (Lipinski definition) is 4. The Hall–Kier alpha value is -8.27. The van der Waals surface area contributed by atoms with E-state index in [1.807, 2.05) is 72.8 Å². The first-order valence-electron chi connectivity index (χ1n) is 19.7. The number of para-hydroxylation sites is 4. The maximum atomic E-state index is 10.6. The van der Waals surface area contributed by atoms with Crippen LogP contribution in [0.4, 0.5) is 0 Å². The maximum Gasteiger partial charge on any atom is 0.164 e. The molecule has 0 aliphatic carbocycles. The van der Waals surface area contributed by atoms with Crippen LogP contribution in [0.25, 0.3) is 121 Å². The zero-order chi connectivity index (χ0) is 38.8. The predicted molar refractivity (Wildman–Crippen MR) is 239 cm³/mol. The van der Waals surface area contributed by atoms with Gasteiger partial charge in [-0.25, -0.2) is 9.97 Å². The third-order valence-corrected chi connectivity index (χ3v) is 12.1. The van der Waals surface area contributed by atoms with Crippen LogP contribution in [0, 0.1) is 11.3 Å². The Morgan fingerprint density at radius 1 is 0.475 bits per heavy atom. The molecule has 5 aromatic heterocycles. The van der Waals surface area contributed by atoms with Crippen molar-refractivity contribution in [3.63, 3.8) is 0 Å². The molecule has 0 N–H and O–H groups in total. The van der Waals surface area contributed by atoms with Crippen molar-refractivity contribution in [1.82, 2.24) is 18.9 Å². The fraction of sp³-hybridized carbons (Fsp3) is 0. The van der Waals surface area contributed by atoms with Crippen LogP contribution in [0.15, 0.2) is 180 Å². The minimum atomic E-state index is 0.427. The quantitative estimate of drug-likeness (QED) is 0.179. The molecule has 59 heavy (non-hydrogen) atoms. The monoisotopic (exact) mass is 751 g/mol. The summed E-state index contributed by atoms with van der Waals surface area (Å²) in [6.07, 6.45) is 0. The fourth-order valence-electron chi connectivity index (χ4n) is 9.62. The third-order valence-electron chi connectivity index (χ3n) is 12.1. The highest BCUT2D eigenvalue weighted by molar-refractivity contribution is 6.26. The van der Waals surface area contributed by atoms with Gasteiger partial charge in [0.25, 0.3) is 0 Å². The van der Waals surface area contributed by atoms with Gasteiger partial charge in [-0.15, -0.1) is 0 Å². The molecule has 0 saturated carbocycles. The van der Waals surface area contributed by atoms with Gasteiger partial charge in [0.05, 0.1) is 55.6 Å². The van der Waals surface area contributed by atoms with E-state index < -0.39 is 0 Å². The average Bonchev–Trinajstić information content (AvgIpc) is 4.04. The van der Waals surface area contributed by atoms with Gasteiger partial charge in [-0.2, -0.15) is 5.26 Å². The third kappa shape index (κ3) is 4.33. The number of fused-ring (bicyclic) bond motifs is 12. The van der Waals surface area contributed by atoms with Crippen molar-refractivity contribution in [2.24, 2.45) is 0 Å². The highest BCUT2D eigenvalue weighted by Gasteiger charge is 2.26. The van der Waals surface area contributed by atoms with Gasteiger partial charge in [0.15, 0.2) is 5.82 Å². The highest BCUT2D eigenvalue weighted by Crippen LogP contribution is 2.46. The topological polar surface area (TPSA) is 72.0 Å². The van der Waals surface area contributed by atoms with Crippen LogP contribution in [0.3, 0.4) is 0 Å². The molecule has 0 bridgehead atoms. The van der Waals surface area contributed by atoms with Gasteiger partial charge in [-0.1, -0.05) is 133 Å². The Balaban J connectivity index is 1.14. The van der Waals surface area contributed by atoms with Crippen LogP contribution < -0.4 is 0 Å². The molecule has 0 saturated heterocycles. The van der Waals surface area contributed by atoms with Crippen molar-refractivity contribution in [3.8, 4) is 45.7 Å².